The summed E-state index contributed by atoms with van der Waals surface area (Å²) in [4.78, 5) is 27.9. The Morgan fingerprint density at radius 3 is 2.32 bits per heavy atom. The predicted octanol–water partition coefficient (Wildman–Crippen LogP) is -1.51. The molecule has 1 aliphatic heterocycles. The van der Waals surface area contributed by atoms with Crippen molar-refractivity contribution in [3.63, 3.8) is 0 Å². The van der Waals surface area contributed by atoms with Crippen molar-refractivity contribution in [1.82, 2.24) is 0 Å². The van der Waals surface area contributed by atoms with Gasteiger partial charge in [0.25, 0.3) is 0 Å². The molecule has 1 fully saturated rings. The summed E-state index contributed by atoms with van der Waals surface area (Å²) < 4.78 is 16.2. The van der Waals surface area contributed by atoms with Gasteiger partial charge < -0.3 is 61.1 Å². The van der Waals surface area contributed by atoms with E-state index < -0.39 is 76.7 Å². The van der Waals surface area contributed by atoms with Gasteiger partial charge in [-0.2, -0.15) is 0 Å². The highest BCUT2D eigenvalue weighted by molar-refractivity contribution is 5.89. The molecule has 5 atom stereocenters. The number of rotatable bonds is 6. The number of aliphatic hydroxyl groups is 3. The molecule has 2 heterocycles. The average Bonchev–Trinajstić information content (AvgIpc) is 2.86. The number of hydrogen-bond acceptors (Lipinski definition) is 12. The zero-order chi connectivity index (χ0) is 27.9. The van der Waals surface area contributed by atoms with Crippen LogP contribution >= 0.6 is 0 Å². The molecule has 202 valence electrons. The highest BCUT2D eigenvalue weighted by Crippen LogP contribution is 2.43. The van der Waals surface area contributed by atoms with Crippen LogP contribution in [0.4, 0.5) is 0 Å². The number of nitrogens with zero attached hydrogens (tertiary/aromatic N) is 1. The summed E-state index contributed by atoms with van der Waals surface area (Å²) in [6, 6.07) is 7.62. The number of phenols is 3. The summed E-state index contributed by atoms with van der Waals surface area (Å²) in [6.07, 6.45) is -8.61. The Morgan fingerprint density at radius 2 is 1.71 bits per heavy atom. The lowest BCUT2D eigenvalue weighted by atomic mass is 9.84. The van der Waals surface area contributed by atoms with Crippen LogP contribution in [0.25, 0.3) is 22.3 Å². The van der Waals surface area contributed by atoms with Crippen molar-refractivity contribution in [2.24, 2.45) is 16.5 Å². The predicted molar refractivity (Wildman–Crippen MR) is 127 cm³/mol. The number of ether oxygens (including phenoxy) is 2. The fourth-order valence-corrected chi connectivity index (χ4v) is 3.91. The van der Waals surface area contributed by atoms with Crippen molar-refractivity contribution in [3.8, 4) is 34.3 Å². The van der Waals surface area contributed by atoms with Crippen molar-refractivity contribution >= 4 is 22.9 Å². The first-order valence-electron chi connectivity index (χ1n) is 10.8. The Morgan fingerprint density at radius 1 is 1.05 bits per heavy atom. The van der Waals surface area contributed by atoms with Crippen LogP contribution in [0.1, 0.15) is 0 Å². The molecule has 0 amide bonds. The second-order valence-corrected chi connectivity index (χ2v) is 8.47. The third-order valence-corrected chi connectivity index (χ3v) is 5.93. The average molecular weight is 533 g/mol. The number of carbonyl (C=O) groups is 1. The van der Waals surface area contributed by atoms with E-state index in [-0.39, 0.29) is 17.1 Å². The number of aromatic hydroxyl groups is 3. The van der Waals surface area contributed by atoms with Crippen LogP contribution in [-0.2, 0) is 9.53 Å². The summed E-state index contributed by atoms with van der Waals surface area (Å²) in [5.41, 5.74) is 7.13. The molecule has 0 spiro atoms. The molecule has 1 aliphatic rings. The molecule has 1 aromatic heterocycles. The van der Waals surface area contributed by atoms with Gasteiger partial charge in [0.2, 0.25) is 12.0 Å². The molecule has 0 bridgehead atoms. The summed E-state index contributed by atoms with van der Waals surface area (Å²) in [7, 11) is 0. The maximum Gasteiger partial charge on any atom is 0.335 e. The maximum absolute atomic E-state index is 12.7. The van der Waals surface area contributed by atoms with Gasteiger partial charge in [0.05, 0.1) is 6.54 Å². The molecule has 0 aliphatic carbocycles. The van der Waals surface area contributed by atoms with Gasteiger partial charge in [-0.05, 0) is 24.3 Å². The lowest BCUT2D eigenvalue weighted by Crippen LogP contribution is -2.70. The van der Waals surface area contributed by atoms with E-state index in [0.29, 0.717) is 5.56 Å². The normalized spacial score (nSPS) is 25.1. The van der Waals surface area contributed by atoms with Gasteiger partial charge in [0, 0.05) is 17.7 Å². The minimum Gasteiger partial charge on any atom is -0.508 e. The molecule has 0 saturated carbocycles. The van der Waals surface area contributed by atoms with E-state index >= 15 is 0 Å². The van der Waals surface area contributed by atoms with Crippen molar-refractivity contribution in [3.05, 3.63) is 46.6 Å². The maximum atomic E-state index is 12.7. The molecular weight excluding hydrogens is 510 g/mol. The van der Waals surface area contributed by atoms with Gasteiger partial charge in [0.1, 0.15) is 40.3 Å². The van der Waals surface area contributed by atoms with Crippen LogP contribution in [0.2, 0.25) is 0 Å². The summed E-state index contributed by atoms with van der Waals surface area (Å²) in [5, 5.41) is 71.5. The topological polar surface area (TPSA) is 272 Å². The standard InChI is InChI=1S/C23H23N3O12/c24-22(25)26-7-23(35)18(31)17(20(33)34)38-21(19(23)32)37-13-6-12-14(16(30)15(13)29)10(28)5-11(36-12)8-1-3-9(27)4-2-8/h1-6,17-19,21,27,29-32,35H,7H2,(H,33,34)(H4,24,25,26)/t17-,18+,19-,21-,23-/m0/s1. The first kappa shape index (κ1) is 26.5. The van der Waals surface area contributed by atoms with Gasteiger partial charge in [-0.1, -0.05) is 0 Å². The van der Waals surface area contributed by atoms with E-state index in [1.165, 1.54) is 24.3 Å². The largest absolute Gasteiger partial charge is 0.508 e. The number of benzene rings is 2. The van der Waals surface area contributed by atoms with E-state index in [9.17, 15) is 45.3 Å². The summed E-state index contributed by atoms with van der Waals surface area (Å²) in [5.74, 6) is -4.89. The number of carboxylic acids is 1. The quantitative estimate of drug-likeness (QED) is 0.0990. The zero-order valence-corrected chi connectivity index (χ0v) is 19.3. The van der Waals surface area contributed by atoms with E-state index in [2.05, 4.69) is 4.99 Å². The summed E-state index contributed by atoms with van der Waals surface area (Å²) in [6.45, 7) is -0.857. The van der Waals surface area contributed by atoms with Crippen molar-refractivity contribution in [1.29, 1.82) is 0 Å². The number of phenolic OH excluding ortho intramolecular Hbond substituents is 3. The van der Waals surface area contributed by atoms with E-state index in [0.717, 1.165) is 12.1 Å². The van der Waals surface area contributed by atoms with Gasteiger partial charge in [-0.15, -0.1) is 0 Å². The molecule has 11 N–H and O–H groups in total. The lowest BCUT2D eigenvalue weighted by molar-refractivity contribution is -0.303. The van der Waals surface area contributed by atoms with Gasteiger partial charge in [-0.25, -0.2) is 4.79 Å². The van der Waals surface area contributed by atoms with Gasteiger partial charge in [-0.3, -0.25) is 9.79 Å². The molecule has 38 heavy (non-hydrogen) atoms. The Labute approximate surface area is 212 Å². The molecule has 2 aromatic carbocycles. The summed E-state index contributed by atoms with van der Waals surface area (Å²) >= 11 is 0. The van der Waals surface area contributed by atoms with Gasteiger partial charge in [0.15, 0.2) is 29.0 Å². The molecule has 1 saturated heterocycles. The Bertz CT molecular complexity index is 1470. The van der Waals surface area contributed by atoms with Crippen LogP contribution in [0.3, 0.4) is 0 Å². The molecule has 15 nitrogen and oxygen atoms in total. The van der Waals surface area contributed by atoms with E-state index in [4.69, 9.17) is 25.4 Å². The van der Waals surface area contributed by atoms with Gasteiger partial charge >= 0.3 is 5.97 Å². The van der Waals surface area contributed by atoms with Crippen molar-refractivity contribution in [2.45, 2.75) is 30.2 Å². The van der Waals surface area contributed by atoms with Crippen LogP contribution < -0.4 is 21.6 Å². The number of aliphatic hydroxyl groups excluding tert-OH is 2. The highest BCUT2D eigenvalue weighted by Gasteiger charge is 2.58. The second-order valence-electron chi connectivity index (χ2n) is 8.47. The SMILES string of the molecule is NC(N)=NC[C@]1(O)[C@H](O)[C@@H](C(=O)O)O[C@H](Oc2cc3oc(-c4ccc(O)cc4)cc(=O)c3c(O)c2O)[C@@H]1O. The third kappa shape index (κ3) is 4.61. The Balaban J connectivity index is 1.78. The third-order valence-electron chi connectivity index (χ3n) is 5.93. The van der Waals surface area contributed by atoms with Crippen molar-refractivity contribution < 1.29 is 54.4 Å². The Kier molecular flexibility index (Phi) is 6.77. The Hall–Kier alpha value is -4.57. The molecule has 15 heteroatoms. The molecule has 0 radical (unpaired) electrons. The number of hydrogen-bond donors (Lipinski definition) is 9. The van der Waals surface area contributed by atoms with Crippen LogP contribution in [0.5, 0.6) is 23.0 Å². The monoisotopic (exact) mass is 533 g/mol. The molecule has 4 rings (SSSR count). The van der Waals surface area contributed by atoms with Crippen LogP contribution in [0.15, 0.2) is 50.6 Å². The number of aliphatic carboxylic acids is 1. The number of aliphatic imine (C=N–C) groups is 1. The van der Waals surface area contributed by atoms with E-state index in [1.807, 2.05) is 0 Å². The minimum atomic E-state index is -2.69. The number of carboxylic acid groups (broad SMARTS) is 1. The lowest BCUT2D eigenvalue weighted by Gasteiger charge is -2.45. The minimum absolute atomic E-state index is 0.0214. The smallest absolute Gasteiger partial charge is 0.335 e. The highest BCUT2D eigenvalue weighted by atomic mass is 16.7. The first-order valence-corrected chi connectivity index (χ1v) is 10.8. The second kappa shape index (κ2) is 9.71. The van der Waals surface area contributed by atoms with E-state index in [1.54, 1.807) is 0 Å². The van der Waals surface area contributed by atoms with Crippen molar-refractivity contribution in [2.75, 3.05) is 6.54 Å². The number of nitrogens with two attached hydrogens (primary N) is 2. The zero-order valence-electron chi connectivity index (χ0n) is 19.3. The fourth-order valence-electron chi connectivity index (χ4n) is 3.91. The molecule has 0 unspecified atom stereocenters. The van der Waals surface area contributed by atoms with Crippen LogP contribution in [0, 0.1) is 0 Å². The fraction of sp³-hybridized carbons (Fsp3) is 0.261. The first-order chi connectivity index (χ1) is 17.8. The molecular formula is C23H23N3O12. The number of guanidine groups is 1. The molecule has 3 aromatic rings. The number of fused-ring (bicyclic) bond motifs is 1. The van der Waals surface area contributed by atoms with Crippen LogP contribution in [-0.4, -0.2) is 84.4 Å².